The van der Waals surface area contributed by atoms with E-state index in [1.807, 2.05) is 0 Å². The molecule has 0 aromatic heterocycles. The van der Waals surface area contributed by atoms with Gasteiger partial charge in [-0.3, -0.25) is 0 Å². The largest absolute Gasteiger partial charge is 0.215 e. The van der Waals surface area contributed by atoms with Crippen molar-refractivity contribution >= 4 is 10.0 Å². The summed E-state index contributed by atoms with van der Waals surface area (Å²) < 4.78 is 50.3. The van der Waals surface area contributed by atoms with Crippen molar-refractivity contribution in [3.63, 3.8) is 0 Å². The van der Waals surface area contributed by atoms with Gasteiger partial charge in [0, 0.05) is 6.54 Å². The highest BCUT2D eigenvalue weighted by Gasteiger charge is 2.07. The molecule has 1 rings (SSSR count). The van der Waals surface area contributed by atoms with E-state index in [1.165, 1.54) is 6.92 Å². The van der Waals surface area contributed by atoms with Crippen LogP contribution in [0.4, 0.5) is 8.78 Å². The second-order valence-electron chi connectivity index (χ2n) is 3.28. The van der Waals surface area contributed by atoms with Crippen molar-refractivity contribution in [2.75, 3.05) is 12.3 Å². The Morgan fingerprint density at radius 1 is 1.31 bits per heavy atom. The van der Waals surface area contributed by atoms with Crippen LogP contribution in [0.5, 0.6) is 0 Å². The number of benzene rings is 1. The summed E-state index contributed by atoms with van der Waals surface area (Å²) in [5.74, 6) is -1.09. The van der Waals surface area contributed by atoms with E-state index in [2.05, 4.69) is 4.72 Å². The second-order valence-corrected chi connectivity index (χ2v) is 5.38. The number of hydrogen-bond acceptors (Lipinski definition) is 2. The maximum atomic E-state index is 13.1. The van der Waals surface area contributed by atoms with Crippen LogP contribution < -0.4 is 4.72 Å². The first-order valence-electron chi connectivity index (χ1n) is 4.86. The third-order valence-corrected chi connectivity index (χ3v) is 3.51. The highest BCUT2D eigenvalue weighted by atomic mass is 32.2. The van der Waals surface area contributed by atoms with E-state index >= 15 is 0 Å². The number of halogens is 2. The van der Waals surface area contributed by atoms with Crippen LogP contribution >= 0.6 is 0 Å². The van der Waals surface area contributed by atoms with Crippen molar-refractivity contribution in [1.82, 2.24) is 4.72 Å². The van der Waals surface area contributed by atoms with Gasteiger partial charge >= 0.3 is 0 Å². The van der Waals surface area contributed by atoms with Crippen LogP contribution in [0, 0.1) is 11.6 Å². The molecule has 6 heteroatoms. The van der Waals surface area contributed by atoms with E-state index in [-0.39, 0.29) is 24.3 Å². The standard InChI is InChI=1S/C10H13F2NO2S/c1-2-16(14,15)13-6-5-8-7-9(11)3-4-10(8)12/h3-4,7,13H,2,5-6H2,1H3. The Kier molecular flexibility index (Phi) is 4.37. The van der Waals surface area contributed by atoms with Gasteiger partial charge in [0.05, 0.1) is 5.75 Å². The maximum Gasteiger partial charge on any atom is 0.211 e. The predicted molar refractivity (Wildman–Crippen MR) is 57.5 cm³/mol. The molecule has 0 fully saturated rings. The Morgan fingerprint density at radius 2 is 2.00 bits per heavy atom. The number of hydrogen-bond donors (Lipinski definition) is 1. The highest BCUT2D eigenvalue weighted by Crippen LogP contribution is 2.09. The molecule has 0 amide bonds. The average Bonchev–Trinajstić information content (AvgIpc) is 2.23. The van der Waals surface area contributed by atoms with Gasteiger partial charge in [0.2, 0.25) is 10.0 Å². The third kappa shape index (κ3) is 3.86. The summed E-state index contributed by atoms with van der Waals surface area (Å²) in [5.41, 5.74) is 0.166. The van der Waals surface area contributed by atoms with Crippen molar-refractivity contribution < 1.29 is 17.2 Å². The van der Waals surface area contributed by atoms with Crippen LogP contribution in [0.3, 0.4) is 0 Å². The summed E-state index contributed by atoms with van der Waals surface area (Å²) >= 11 is 0. The van der Waals surface area contributed by atoms with Crippen molar-refractivity contribution in [1.29, 1.82) is 0 Å². The molecule has 0 saturated heterocycles. The molecule has 1 aromatic carbocycles. The maximum absolute atomic E-state index is 13.1. The molecule has 0 bridgehead atoms. The van der Waals surface area contributed by atoms with Gasteiger partial charge in [0.1, 0.15) is 11.6 Å². The Balaban J connectivity index is 2.59. The SMILES string of the molecule is CCS(=O)(=O)NCCc1cc(F)ccc1F. The van der Waals surface area contributed by atoms with Crippen molar-refractivity contribution in [3.8, 4) is 0 Å². The first-order valence-corrected chi connectivity index (χ1v) is 6.51. The summed E-state index contributed by atoms with van der Waals surface area (Å²) in [4.78, 5) is 0. The Bertz CT molecular complexity index is 460. The fourth-order valence-corrected chi connectivity index (χ4v) is 1.80. The van der Waals surface area contributed by atoms with Gasteiger partial charge < -0.3 is 0 Å². The van der Waals surface area contributed by atoms with Crippen molar-refractivity contribution in [2.45, 2.75) is 13.3 Å². The Labute approximate surface area is 93.5 Å². The molecule has 0 spiro atoms. The van der Waals surface area contributed by atoms with Crippen LogP contribution in [-0.2, 0) is 16.4 Å². The lowest BCUT2D eigenvalue weighted by Crippen LogP contribution is -2.27. The fourth-order valence-electron chi connectivity index (χ4n) is 1.18. The van der Waals surface area contributed by atoms with Gasteiger partial charge in [-0.05, 0) is 37.1 Å². The monoisotopic (exact) mass is 249 g/mol. The van der Waals surface area contributed by atoms with E-state index in [4.69, 9.17) is 0 Å². The van der Waals surface area contributed by atoms with Crippen LogP contribution in [0.1, 0.15) is 12.5 Å². The van der Waals surface area contributed by atoms with Crippen LogP contribution in [0.25, 0.3) is 0 Å². The summed E-state index contributed by atoms with van der Waals surface area (Å²) in [6.45, 7) is 1.57. The lowest BCUT2D eigenvalue weighted by Gasteiger charge is -2.05. The number of rotatable bonds is 5. The molecule has 0 saturated carbocycles. The van der Waals surface area contributed by atoms with Gasteiger partial charge in [-0.25, -0.2) is 21.9 Å². The smallest absolute Gasteiger partial charge is 0.211 e. The van der Waals surface area contributed by atoms with Crippen LogP contribution in [0.15, 0.2) is 18.2 Å². The summed E-state index contributed by atoms with van der Waals surface area (Å²) in [6, 6.07) is 3.11. The molecule has 0 radical (unpaired) electrons. The minimum atomic E-state index is -3.28. The zero-order chi connectivity index (χ0) is 12.2. The van der Waals surface area contributed by atoms with Gasteiger partial charge in [0.25, 0.3) is 0 Å². The van der Waals surface area contributed by atoms with E-state index in [9.17, 15) is 17.2 Å². The number of nitrogens with one attached hydrogen (secondary N) is 1. The third-order valence-electron chi connectivity index (χ3n) is 2.10. The molecule has 1 N–H and O–H groups in total. The van der Waals surface area contributed by atoms with Crippen LogP contribution in [-0.4, -0.2) is 20.7 Å². The van der Waals surface area contributed by atoms with Crippen molar-refractivity contribution in [3.05, 3.63) is 35.4 Å². The molecule has 0 aliphatic rings. The zero-order valence-electron chi connectivity index (χ0n) is 8.83. The first-order chi connectivity index (χ1) is 7.44. The van der Waals surface area contributed by atoms with Gasteiger partial charge in [-0.2, -0.15) is 0 Å². The van der Waals surface area contributed by atoms with E-state index in [0.29, 0.717) is 0 Å². The molecule has 0 aliphatic heterocycles. The quantitative estimate of drug-likeness (QED) is 0.858. The predicted octanol–water partition coefficient (Wildman–Crippen LogP) is 1.45. The molecule has 0 aliphatic carbocycles. The molecule has 0 atom stereocenters. The van der Waals surface area contributed by atoms with Crippen molar-refractivity contribution in [2.24, 2.45) is 0 Å². The summed E-state index contributed by atoms with van der Waals surface area (Å²) in [5, 5.41) is 0. The molecular formula is C10H13F2NO2S. The molecule has 0 unspecified atom stereocenters. The van der Waals surface area contributed by atoms with Gasteiger partial charge in [-0.1, -0.05) is 0 Å². The molecular weight excluding hydrogens is 236 g/mol. The topological polar surface area (TPSA) is 46.2 Å². The Morgan fingerprint density at radius 3 is 2.62 bits per heavy atom. The van der Waals surface area contributed by atoms with Crippen LogP contribution in [0.2, 0.25) is 0 Å². The molecule has 90 valence electrons. The second kappa shape index (κ2) is 5.36. The summed E-state index contributed by atoms with van der Waals surface area (Å²) in [7, 11) is -3.28. The highest BCUT2D eigenvalue weighted by molar-refractivity contribution is 7.89. The van der Waals surface area contributed by atoms with Gasteiger partial charge in [0.15, 0.2) is 0 Å². The Hall–Kier alpha value is -1.01. The summed E-state index contributed by atoms with van der Waals surface area (Å²) in [6.07, 6.45) is 0.128. The first kappa shape index (κ1) is 13.1. The minimum absolute atomic E-state index is 0.0291. The van der Waals surface area contributed by atoms with E-state index in [0.717, 1.165) is 18.2 Å². The van der Waals surface area contributed by atoms with E-state index < -0.39 is 21.7 Å². The molecule has 1 aromatic rings. The minimum Gasteiger partial charge on any atom is -0.215 e. The fraction of sp³-hybridized carbons (Fsp3) is 0.400. The molecule has 0 heterocycles. The van der Waals surface area contributed by atoms with Gasteiger partial charge in [-0.15, -0.1) is 0 Å². The number of sulfonamides is 1. The van der Waals surface area contributed by atoms with E-state index in [1.54, 1.807) is 0 Å². The molecule has 16 heavy (non-hydrogen) atoms. The lowest BCUT2D eigenvalue weighted by molar-refractivity contribution is 0.573. The zero-order valence-corrected chi connectivity index (χ0v) is 9.65. The lowest BCUT2D eigenvalue weighted by atomic mass is 10.1. The normalized spacial score (nSPS) is 11.7. The average molecular weight is 249 g/mol. The molecule has 3 nitrogen and oxygen atoms in total.